The Morgan fingerprint density at radius 1 is 0.929 bits per heavy atom. The van der Waals surface area contributed by atoms with Crippen LogP contribution in [0.4, 0.5) is 0 Å². The molecule has 0 aromatic heterocycles. The Labute approximate surface area is 162 Å². The Hall–Kier alpha value is -3.86. The highest BCUT2D eigenvalue weighted by molar-refractivity contribution is 6.09. The summed E-state index contributed by atoms with van der Waals surface area (Å²) in [5.74, 6) is -1.26. The summed E-state index contributed by atoms with van der Waals surface area (Å²) >= 11 is 0. The van der Waals surface area contributed by atoms with Gasteiger partial charge in [0.1, 0.15) is 18.1 Å². The largest absolute Gasteiger partial charge is 0.507 e. The van der Waals surface area contributed by atoms with Crippen molar-refractivity contribution in [2.45, 2.75) is 6.61 Å². The average molecular weight is 374 g/mol. The van der Waals surface area contributed by atoms with E-state index in [1.165, 1.54) is 18.2 Å². The van der Waals surface area contributed by atoms with Crippen molar-refractivity contribution in [1.82, 2.24) is 0 Å². The summed E-state index contributed by atoms with van der Waals surface area (Å²) < 4.78 is 5.76. The van der Waals surface area contributed by atoms with Crippen LogP contribution in [0.5, 0.6) is 11.5 Å². The maximum absolute atomic E-state index is 12.3. The number of aromatic carboxylic acids is 1. The summed E-state index contributed by atoms with van der Waals surface area (Å²) in [5.41, 5.74) is 1.67. The third-order valence-corrected chi connectivity index (χ3v) is 4.04. The Kier molecular flexibility index (Phi) is 5.87. The molecule has 3 aromatic carbocycles. The fourth-order valence-electron chi connectivity index (χ4n) is 2.58. The lowest BCUT2D eigenvalue weighted by Gasteiger charge is -2.07. The first-order chi connectivity index (χ1) is 13.5. The second kappa shape index (κ2) is 8.68. The average Bonchev–Trinajstić information content (AvgIpc) is 2.72. The lowest BCUT2D eigenvalue weighted by molar-refractivity contribution is 0.0697. The predicted octanol–water partition coefficient (Wildman–Crippen LogP) is 4.57. The molecule has 0 fully saturated rings. The van der Waals surface area contributed by atoms with Crippen LogP contribution in [0, 0.1) is 0 Å². The lowest BCUT2D eigenvalue weighted by Crippen LogP contribution is -2.01. The fourth-order valence-corrected chi connectivity index (χ4v) is 2.58. The van der Waals surface area contributed by atoms with Gasteiger partial charge in [0.25, 0.3) is 0 Å². The molecule has 0 heterocycles. The van der Waals surface area contributed by atoms with Gasteiger partial charge in [-0.2, -0.15) is 0 Å². The summed E-state index contributed by atoms with van der Waals surface area (Å²) in [6, 6.07) is 20.6. The zero-order valence-electron chi connectivity index (χ0n) is 14.9. The Morgan fingerprint density at radius 3 is 2.46 bits per heavy atom. The summed E-state index contributed by atoms with van der Waals surface area (Å²) in [6.45, 7) is 0.433. The number of carboxylic acid groups (broad SMARTS) is 1. The number of allylic oxidation sites excluding steroid dienone is 1. The van der Waals surface area contributed by atoms with Crippen molar-refractivity contribution >= 4 is 17.8 Å². The maximum Gasteiger partial charge on any atom is 0.335 e. The monoisotopic (exact) mass is 374 g/mol. The van der Waals surface area contributed by atoms with Crippen molar-refractivity contribution in [1.29, 1.82) is 0 Å². The van der Waals surface area contributed by atoms with Crippen LogP contribution in [0.3, 0.4) is 0 Å². The van der Waals surface area contributed by atoms with Crippen LogP contribution in [-0.4, -0.2) is 22.0 Å². The second-order valence-electron chi connectivity index (χ2n) is 6.08. The number of carbonyl (C=O) groups is 2. The number of ether oxygens (including phenoxy) is 1. The molecule has 0 amide bonds. The molecule has 0 saturated carbocycles. The highest BCUT2D eigenvalue weighted by Gasteiger charge is 2.12. The number of carbonyl (C=O) groups excluding carboxylic acids is 1. The number of phenolic OH excluding ortho intramolecular Hbond substituents is 1. The van der Waals surface area contributed by atoms with Crippen LogP contribution in [0.1, 0.15) is 31.8 Å². The van der Waals surface area contributed by atoms with Crippen LogP contribution in [0.15, 0.2) is 78.9 Å². The van der Waals surface area contributed by atoms with Crippen molar-refractivity contribution in [3.05, 3.63) is 101 Å². The zero-order valence-corrected chi connectivity index (χ0v) is 14.9. The number of hydrogen-bond donors (Lipinski definition) is 2. The van der Waals surface area contributed by atoms with E-state index < -0.39 is 11.8 Å². The van der Waals surface area contributed by atoms with Gasteiger partial charge in [0.2, 0.25) is 0 Å². The summed E-state index contributed by atoms with van der Waals surface area (Å²) in [7, 11) is 0. The number of benzene rings is 3. The van der Waals surface area contributed by atoms with Crippen LogP contribution < -0.4 is 4.74 Å². The molecule has 28 heavy (non-hydrogen) atoms. The zero-order chi connectivity index (χ0) is 19.9. The molecular formula is C23H18O5. The van der Waals surface area contributed by atoms with Crippen molar-refractivity contribution in [2.75, 3.05) is 0 Å². The quantitative estimate of drug-likeness (QED) is 0.468. The van der Waals surface area contributed by atoms with E-state index in [0.717, 1.165) is 17.2 Å². The van der Waals surface area contributed by atoms with E-state index in [1.807, 2.05) is 48.5 Å². The number of hydrogen-bond acceptors (Lipinski definition) is 4. The normalized spacial score (nSPS) is 10.7. The van der Waals surface area contributed by atoms with E-state index in [0.29, 0.717) is 12.4 Å². The van der Waals surface area contributed by atoms with Crippen molar-refractivity contribution in [2.24, 2.45) is 0 Å². The minimum absolute atomic E-state index is 0.0624. The van der Waals surface area contributed by atoms with Gasteiger partial charge >= 0.3 is 5.97 Å². The highest BCUT2D eigenvalue weighted by atomic mass is 16.5. The second-order valence-corrected chi connectivity index (χ2v) is 6.08. The summed E-state index contributed by atoms with van der Waals surface area (Å²) in [4.78, 5) is 23.4. The SMILES string of the molecule is O=C(O)c1ccc(O)c(C(=O)C=Cc2cccc(OCc3ccccc3)c2)c1. The van der Waals surface area contributed by atoms with E-state index in [1.54, 1.807) is 12.1 Å². The molecule has 0 unspecified atom stereocenters. The Morgan fingerprint density at radius 2 is 1.71 bits per heavy atom. The highest BCUT2D eigenvalue weighted by Crippen LogP contribution is 2.21. The van der Waals surface area contributed by atoms with Gasteiger partial charge in [0.05, 0.1) is 11.1 Å². The molecule has 3 aromatic rings. The summed E-state index contributed by atoms with van der Waals surface area (Å²) in [5, 5.41) is 18.9. The van der Waals surface area contributed by atoms with Crippen LogP contribution >= 0.6 is 0 Å². The van der Waals surface area contributed by atoms with Crippen molar-refractivity contribution in [3.8, 4) is 11.5 Å². The van der Waals surface area contributed by atoms with Crippen molar-refractivity contribution in [3.63, 3.8) is 0 Å². The molecule has 0 radical (unpaired) electrons. The minimum Gasteiger partial charge on any atom is -0.507 e. The smallest absolute Gasteiger partial charge is 0.335 e. The molecule has 5 heteroatoms. The number of rotatable bonds is 7. The van der Waals surface area contributed by atoms with Gasteiger partial charge in [0.15, 0.2) is 5.78 Å². The molecule has 0 bridgehead atoms. The molecule has 0 aliphatic carbocycles. The third-order valence-electron chi connectivity index (χ3n) is 4.04. The van der Waals surface area contributed by atoms with Gasteiger partial charge in [0, 0.05) is 0 Å². The molecule has 0 saturated heterocycles. The standard InChI is InChI=1S/C23H18O5/c24-21(20-14-18(23(26)27)10-12-22(20)25)11-9-16-7-4-8-19(13-16)28-15-17-5-2-1-3-6-17/h1-14,25H,15H2,(H,26,27). The molecule has 140 valence electrons. The van der Waals surface area contributed by atoms with E-state index in [9.17, 15) is 14.7 Å². The van der Waals surface area contributed by atoms with Gasteiger partial charge < -0.3 is 14.9 Å². The van der Waals surface area contributed by atoms with E-state index in [2.05, 4.69) is 0 Å². The molecular weight excluding hydrogens is 356 g/mol. The maximum atomic E-state index is 12.3. The number of phenols is 1. The summed E-state index contributed by atoms with van der Waals surface area (Å²) in [6.07, 6.45) is 2.88. The number of ketones is 1. The topological polar surface area (TPSA) is 83.8 Å². The molecule has 0 aliphatic rings. The minimum atomic E-state index is -1.17. The predicted molar refractivity (Wildman–Crippen MR) is 106 cm³/mol. The van der Waals surface area contributed by atoms with E-state index in [4.69, 9.17) is 9.84 Å². The molecule has 0 aliphatic heterocycles. The van der Waals surface area contributed by atoms with Crippen LogP contribution in [-0.2, 0) is 6.61 Å². The molecule has 5 nitrogen and oxygen atoms in total. The van der Waals surface area contributed by atoms with Crippen molar-refractivity contribution < 1.29 is 24.5 Å². The Balaban J connectivity index is 1.71. The van der Waals surface area contributed by atoms with Crippen LogP contribution in [0.25, 0.3) is 6.08 Å². The van der Waals surface area contributed by atoms with Gasteiger partial charge in [-0.25, -0.2) is 4.79 Å². The first kappa shape index (κ1) is 18.9. The molecule has 2 N–H and O–H groups in total. The lowest BCUT2D eigenvalue weighted by atomic mass is 10.0. The number of aromatic hydroxyl groups is 1. The molecule has 3 rings (SSSR count). The fraction of sp³-hybridized carbons (Fsp3) is 0.0435. The van der Waals surface area contributed by atoms with E-state index >= 15 is 0 Å². The first-order valence-corrected chi connectivity index (χ1v) is 8.58. The van der Waals surface area contributed by atoms with Gasteiger partial charge in [-0.1, -0.05) is 48.5 Å². The Bertz CT molecular complexity index is 1020. The van der Waals surface area contributed by atoms with Gasteiger partial charge in [-0.15, -0.1) is 0 Å². The van der Waals surface area contributed by atoms with E-state index in [-0.39, 0.29) is 16.9 Å². The van der Waals surface area contributed by atoms with Crippen LogP contribution in [0.2, 0.25) is 0 Å². The molecule has 0 spiro atoms. The molecule has 0 atom stereocenters. The number of carboxylic acids is 1. The van der Waals surface area contributed by atoms with Gasteiger partial charge in [-0.05, 0) is 47.5 Å². The first-order valence-electron chi connectivity index (χ1n) is 8.58. The third kappa shape index (κ3) is 4.86. The van der Waals surface area contributed by atoms with Gasteiger partial charge in [-0.3, -0.25) is 4.79 Å².